The highest BCUT2D eigenvalue weighted by atomic mass is 16.5. The van der Waals surface area contributed by atoms with Crippen LogP contribution in [0, 0.1) is 12.8 Å². The van der Waals surface area contributed by atoms with E-state index in [1.54, 1.807) is 12.7 Å². The van der Waals surface area contributed by atoms with Crippen molar-refractivity contribution >= 4 is 17.1 Å². The Morgan fingerprint density at radius 1 is 0.941 bits per heavy atom. The van der Waals surface area contributed by atoms with Gasteiger partial charge in [-0.3, -0.25) is 4.98 Å². The molecule has 180 valence electrons. The maximum atomic E-state index is 12.5. The van der Waals surface area contributed by atoms with Crippen molar-refractivity contribution in [2.24, 2.45) is 5.92 Å². The molecule has 0 radical (unpaired) electrons. The van der Waals surface area contributed by atoms with E-state index in [2.05, 4.69) is 24.3 Å². The summed E-state index contributed by atoms with van der Waals surface area (Å²) in [6, 6.07) is 12.2. The van der Waals surface area contributed by atoms with E-state index in [4.69, 9.17) is 14.5 Å². The van der Waals surface area contributed by atoms with Crippen LogP contribution in [-0.2, 0) is 4.74 Å². The highest BCUT2D eigenvalue weighted by molar-refractivity contribution is 5.96. The second kappa shape index (κ2) is 11.5. The number of allylic oxidation sites excluding steroid dienone is 4. The van der Waals surface area contributed by atoms with Gasteiger partial charge in [0.05, 0.1) is 19.9 Å². The molecule has 34 heavy (non-hydrogen) atoms. The first-order valence-electron chi connectivity index (χ1n) is 12.7. The fourth-order valence-corrected chi connectivity index (χ4v) is 5.55. The number of rotatable bonds is 4. The maximum absolute atomic E-state index is 12.5. The predicted molar refractivity (Wildman–Crippen MR) is 138 cm³/mol. The molecule has 1 fully saturated rings. The Kier molecular flexibility index (Phi) is 8.21. The Labute approximate surface area is 204 Å². The smallest absolute Gasteiger partial charge is 0.341 e. The van der Waals surface area contributed by atoms with Crippen LogP contribution in [0.3, 0.4) is 0 Å². The van der Waals surface area contributed by atoms with Crippen molar-refractivity contribution in [1.82, 2.24) is 4.98 Å². The van der Waals surface area contributed by atoms with Gasteiger partial charge in [-0.2, -0.15) is 0 Å². The number of hydrogen-bond acceptors (Lipinski definition) is 4. The molecule has 0 bridgehead atoms. The summed E-state index contributed by atoms with van der Waals surface area (Å²) in [6.07, 6.45) is 14.4. The monoisotopic (exact) mass is 459 g/mol. The average Bonchev–Trinajstić information content (AvgIpc) is 3.10. The molecule has 4 nitrogen and oxygen atoms in total. The molecule has 2 aliphatic rings. The van der Waals surface area contributed by atoms with Crippen LogP contribution in [0.5, 0.6) is 5.75 Å². The van der Waals surface area contributed by atoms with Crippen LogP contribution < -0.4 is 4.74 Å². The van der Waals surface area contributed by atoms with Crippen molar-refractivity contribution in [2.75, 3.05) is 14.2 Å². The number of benzene rings is 1. The molecule has 0 spiro atoms. The minimum atomic E-state index is -0.372. The molecule has 1 atom stereocenters. The highest BCUT2D eigenvalue weighted by Gasteiger charge is 2.23. The summed E-state index contributed by atoms with van der Waals surface area (Å²) in [7, 11) is 3.01. The van der Waals surface area contributed by atoms with Crippen molar-refractivity contribution in [3.63, 3.8) is 0 Å². The zero-order chi connectivity index (χ0) is 23.9. The van der Waals surface area contributed by atoms with Gasteiger partial charge in [0, 0.05) is 5.69 Å². The summed E-state index contributed by atoms with van der Waals surface area (Å²) in [5, 5.41) is 0. The van der Waals surface area contributed by atoms with E-state index in [1.165, 1.54) is 50.4 Å². The van der Waals surface area contributed by atoms with Gasteiger partial charge in [-0.15, -0.1) is 0 Å². The summed E-state index contributed by atoms with van der Waals surface area (Å²) < 4.78 is 10.5. The largest absolute Gasteiger partial charge is 0.496 e. The zero-order valence-electron chi connectivity index (χ0n) is 20.9. The number of fused-ring (bicyclic) bond motifs is 1. The quantitative estimate of drug-likeness (QED) is 0.349. The third kappa shape index (κ3) is 5.60. The van der Waals surface area contributed by atoms with E-state index in [0.717, 1.165) is 49.1 Å². The number of nitrogens with zero attached hydrogens (tertiary/aromatic N) is 1. The number of carbonyl (C=O) groups excluding carboxylic acids is 1. The van der Waals surface area contributed by atoms with Gasteiger partial charge in [0.1, 0.15) is 11.3 Å². The highest BCUT2D eigenvalue weighted by Crippen LogP contribution is 2.40. The fraction of sp³-hybridized carbons (Fsp3) is 0.467. The Hall–Kier alpha value is -2.88. The molecule has 2 aromatic rings. The maximum Gasteiger partial charge on any atom is 0.341 e. The van der Waals surface area contributed by atoms with E-state index in [9.17, 15) is 4.79 Å². The number of esters is 1. The predicted octanol–water partition coefficient (Wildman–Crippen LogP) is 7.57. The van der Waals surface area contributed by atoms with E-state index >= 15 is 0 Å². The normalized spacial score (nSPS) is 23.1. The average molecular weight is 460 g/mol. The molecule has 2 aliphatic carbocycles. The van der Waals surface area contributed by atoms with Gasteiger partial charge in [-0.05, 0) is 105 Å². The first kappa shape index (κ1) is 24.3. The summed E-state index contributed by atoms with van der Waals surface area (Å²) in [6.45, 7) is 2.05. The molecule has 1 saturated carbocycles. The lowest BCUT2D eigenvalue weighted by Gasteiger charge is -2.23. The van der Waals surface area contributed by atoms with Crippen molar-refractivity contribution in [3.05, 3.63) is 70.6 Å². The van der Waals surface area contributed by atoms with Crippen LogP contribution in [0.1, 0.15) is 91.5 Å². The van der Waals surface area contributed by atoms with Crippen molar-refractivity contribution in [1.29, 1.82) is 0 Å². The van der Waals surface area contributed by atoms with E-state index in [0.29, 0.717) is 17.2 Å². The fourth-order valence-electron chi connectivity index (χ4n) is 5.55. The van der Waals surface area contributed by atoms with Crippen molar-refractivity contribution < 1.29 is 14.3 Å². The number of aromatic nitrogens is 1. The van der Waals surface area contributed by atoms with Crippen LogP contribution in [-0.4, -0.2) is 25.2 Å². The molecule has 1 aromatic carbocycles. The number of pyridine rings is 1. The summed E-state index contributed by atoms with van der Waals surface area (Å²) >= 11 is 0. The van der Waals surface area contributed by atoms with Gasteiger partial charge >= 0.3 is 5.97 Å². The van der Waals surface area contributed by atoms with E-state index in [1.807, 2.05) is 25.1 Å². The van der Waals surface area contributed by atoms with Crippen LogP contribution >= 0.6 is 0 Å². The lowest BCUT2D eigenvalue weighted by molar-refractivity contribution is 0.0597. The Balaban J connectivity index is 1.82. The summed E-state index contributed by atoms with van der Waals surface area (Å²) in [4.78, 5) is 17.4. The van der Waals surface area contributed by atoms with Crippen LogP contribution in [0.15, 0.2) is 48.0 Å². The standard InChI is InChI=1S/C30H37NO3/c1-21-10-9-15-28(31-21)26-14-8-7-13-22-11-5-4-6-12-23(22)16-18-25(26)24-17-19-29(33-2)27(20-24)30(32)34-3/h9-10,13,15,17,19-20,23H,4-8,11-12,14,16,18H2,1-3H3/b22-13+,26-25-. The Morgan fingerprint density at radius 3 is 2.62 bits per heavy atom. The first-order chi connectivity index (χ1) is 16.6. The number of ether oxygens (including phenoxy) is 2. The molecule has 4 rings (SSSR count). The second-order valence-corrected chi connectivity index (χ2v) is 9.53. The Bertz CT molecular complexity index is 1080. The van der Waals surface area contributed by atoms with Crippen molar-refractivity contribution in [2.45, 2.75) is 71.1 Å². The van der Waals surface area contributed by atoms with Gasteiger partial charge in [-0.1, -0.05) is 36.6 Å². The summed E-state index contributed by atoms with van der Waals surface area (Å²) in [5.41, 5.74) is 7.90. The first-order valence-corrected chi connectivity index (χ1v) is 12.7. The lowest BCUT2D eigenvalue weighted by Crippen LogP contribution is -2.08. The zero-order valence-corrected chi connectivity index (χ0v) is 20.9. The van der Waals surface area contributed by atoms with Gasteiger partial charge < -0.3 is 9.47 Å². The van der Waals surface area contributed by atoms with Crippen LogP contribution in [0.25, 0.3) is 11.1 Å². The van der Waals surface area contributed by atoms with E-state index in [-0.39, 0.29) is 5.97 Å². The molecule has 1 unspecified atom stereocenters. The third-order valence-electron chi connectivity index (χ3n) is 7.34. The number of hydrogen-bond donors (Lipinski definition) is 0. The molecule has 1 aromatic heterocycles. The van der Waals surface area contributed by atoms with Crippen LogP contribution in [0.4, 0.5) is 0 Å². The molecular formula is C30H37NO3. The molecular weight excluding hydrogens is 422 g/mol. The number of aryl methyl sites for hydroxylation is 1. The summed E-state index contributed by atoms with van der Waals surface area (Å²) in [5.74, 6) is 0.823. The van der Waals surface area contributed by atoms with Gasteiger partial charge in [-0.25, -0.2) is 4.79 Å². The number of carbonyl (C=O) groups is 1. The topological polar surface area (TPSA) is 48.4 Å². The van der Waals surface area contributed by atoms with Gasteiger partial charge in [0.15, 0.2) is 0 Å². The molecule has 0 N–H and O–H groups in total. The number of methoxy groups -OCH3 is 2. The molecule has 0 saturated heterocycles. The van der Waals surface area contributed by atoms with Gasteiger partial charge in [0.2, 0.25) is 0 Å². The van der Waals surface area contributed by atoms with E-state index < -0.39 is 0 Å². The van der Waals surface area contributed by atoms with Crippen LogP contribution in [0.2, 0.25) is 0 Å². The molecule has 4 heteroatoms. The van der Waals surface area contributed by atoms with Gasteiger partial charge in [0.25, 0.3) is 0 Å². The SMILES string of the molecule is COC(=O)c1cc(/C2=C(\c3cccc(C)n3)CCC/C=C3\CCCCCC3CC2)ccc1OC. The minimum Gasteiger partial charge on any atom is -0.496 e. The lowest BCUT2D eigenvalue weighted by atomic mass is 9.82. The molecule has 0 aliphatic heterocycles. The second-order valence-electron chi connectivity index (χ2n) is 9.53. The van der Waals surface area contributed by atoms with Crippen molar-refractivity contribution in [3.8, 4) is 5.75 Å². The Morgan fingerprint density at radius 2 is 1.82 bits per heavy atom. The molecule has 0 amide bonds. The molecule has 1 heterocycles. The third-order valence-corrected chi connectivity index (χ3v) is 7.34. The minimum absolute atomic E-state index is 0.372.